The van der Waals surface area contributed by atoms with Gasteiger partial charge in [0.2, 0.25) is 11.8 Å². The van der Waals surface area contributed by atoms with E-state index >= 15 is 0 Å². The number of benzene rings is 1. The molecular weight excluding hydrogens is 277 g/mol. The minimum atomic E-state index is -0.568. The predicted molar refractivity (Wildman–Crippen MR) is 76.3 cm³/mol. The third kappa shape index (κ3) is 3.04. The summed E-state index contributed by atoms with van der Waals surface area (Å²) in [6, 6.07) is 6.21. The first-order chi connectivity index (χ1) is 9.90. The molecule has 21 heavy (non-hydrogen) atoms. The molecule has 0 atom stereocenters. The number of nitro groups is 1. The number of nitrogens with two attached hydrogens (primary N) is 1. The summed E-state index contributed by atoms with van der Waals surface area (Å²) in [5, 5.41) is 11.2. The summed E-state index contributed by atoms with van der Waals surface area (Å²) in [7, 11) is 1.58. The van der Waals surface area contributed by atoms with Gasteiger partial charge in [-0.25, -0.2) is 9.37 Å². The van der Waals surface area contributed by atoms with Crippen LogP contribution in [0.1, 0.15) is 11.3 Å². The quantitative estimate of drug-likeness (QED) is 0.683. The SMILES string of the molecule is Cc1nc(N)nc(N(C)Cc2ccccc2F)c1[N+](=O)[O-]. The van der Waals surface area contributed by atoms with Gasteiger partial charge in [-0.05, 0) is 13.0 Å². The van der Waals surface area contributed by atoms with Crippen molar-refractivity contribution < 1.29 is 9.31 Å². The first kappa shape index (κ1) is 14.6. The van der Waals surface area contributed by atoms with Gasteiger partial charge in [0.15, 0.2) is 0 Å². The van der Waals surface area contributed by atoms with E-state index < -0.39 is 4.92 Å². The third-order valence-electron chi connectivity index (χ3n) is 2.97. The normalized spacial score (nSPS) is 10.4. The van der Waals surface area contributed by atoms with Crippen LogP contribution in [0.25, 0.3) is 0 Å². The highest BCUT2D eigenvalue weighted by Gasteiger charge is 2.24. The van der Waals surface area contributed by atoms with Crippen molar-refractivity contribution in [2.24, 2.45) is 0 Å². The average Bonchev–Trinajstić information content (AvgIpc) is 2.39. The van der Waals surface area contributed by atoms with Gasteiger partial charge in [0.1, 0.15) is 11.5 Å². The van der Waals surface area contributed by atoms with Crippen LogP contribution >= 0.6 is 0 Å². The number of rotatable bonds is 4. The van der Waals surface area contributed by atoms with Gasteiger partial charge in [0.05, 0.1) is 4.92 Å². The molecule has 0 radical (unpaired) electrons. The Hall–Kier alpha value is -2.77. The Morgan fingerprint density at radius 2 is 2.05 bits per heavy atom. The van der Waals surface area contributed by atoms with Crippen molar-refractivity contribution in [2.75, 3.05) is 17.7 Å². The number of halogens is 1. The van der Waals surface area contributed by atoms with E-state index in [1.54, 1.807) is 25.2 Å². The van der Waals surface area contributed by atoms with Crippen molar-refractivity contribution in [3.63, 3.8) is 0 Å². The van der Waals surface area contributed by atoms with Crippen molar-refractivity contribution in [1.82, 2.24) is 9.97 Å². The molecule has 0 aliphatic heterocycles. The van der Waals surface area contributed by atoms with Gasteiger partial charge in [0.25, 0.3) is 0 Å². The fourth-order valence-electron chi connectivity index (χ4n) is 2.01. The van der Waals surface area contributed by atoms with Crippen LogP contribution in [0.4, 0.5) is 21.8 Å². The number of nitrogen functional groups attached to an aromatic ring is 1. The van der Waals surface area contributed by atoms with E-state index in [2.05, 4.69) is 9.97 Å². The molecule has 0 spiro atoms. The van der Waals surface area contributed by atoms with Crippen LogP contribution in [-0.4, -0.2) is 21.9 Å². The molecule has 0 amide bonds. The lowest BCUT2D eigenvalue weighted by Crippen LogP contribution is -2.21. The van der Waals surface area contributed by atoms with Crippen LogP contribution in [0.5, 0.6) is 0 Å². The van der Waals surface area contributed by atoms with E-state index in [1.165, 1.54) is 17.9 Å². The molecule has 0 unspecified atom stereocenters. The summed E-state index contributed by atoms with van der Waals surface area (Å²) in [4.78, 5) is 19.8. The molecule has 1 aromatic heterocycles. The van der Waals surface area contributed by atoms with Crippen LogP contribution in [0, 0.1) is 22.9 Å². The lowest BCUT2D eigenvalue weighted by atomic mass is 10.2. The lowest BCUT2D eigenvalue weighted by Gasteiger charge is -2.19. The van der Waals surface area contributed by atoms with Gasteiger partial charge in [-0.2, -0.15) is 4.98 Å². The fourth-order valence-corrected chi connectivity index (χ4v) is 2.01. The highest BCUT2D eigenvalue weighted by Crippen LogP contribution is 2.29. The molecule has 1 heterocycles. The number of hydrogen-bond acceptors (Lipinski definition) is 6. The summed E-state index contributed by atoms with van der Waals surface area (Å²) < 4.78 is 13.7. The van der Waals surface area contributed by atoms with E-state index in [1.807, 2.05) is 0 Å². The van der Waals surface area contributed by atoms with E-state index in [-0.39, 0.29) is 35.5 Å². The molecule has 0 aliphatic carbocycles. The lowest BCUT2D eigenvalue weighted by molar-refractivity contribution is -0.385. The fraction of sp³-hybridized carbons (Fsp3) is 0.231. The molecule has 2 N–H and O–H groups in total. The molecule has 8 heteroatoms. The van der Waals surface area contributed by atoms with Gasteiger partial charge in [0, 0.05) is 19.2 Å². The van der Waals surface area contributed by atoms with Gasteiger partial charge in [-0.3, -0.25) is 10.1 Å². The number of anilines is 2. The predicted octanol–water partition coefficient (Wildman–Crippen LogP) is 2.05. The van der Waals surface area contributed by atoms with E-state index in [0.717, 1.165) is 0 Å². The van der Waals surface area contributed by atoms with Crippen molar-refractivity contribution in [1.29, 1.82) is 0 Å². The molecule has 2 rings (SSSR count). The maximum atomic E-state index is 13.7. The average molecular weight is 291 g/mol. The van der Waals surface area contributed by atoms with Crippen LogP contribution in [-0.2, 0) is 6.54 Å². The molecule has 1 aromatic carbocycles. The molecule has 0 saturated carbocycles. The summed E-state index contributed by atoms with van der Waals surface area (Å²) in [6.45, 7) is 1.61. The molecule has 0 fully saturated rings. The van der Waals surface area contributed by atoms with E-state index in [9.17, 15) is 14.5 Å². The van der Waals surface area contributed by atoms with E-state index in [0.29, 0.717) is 5.56 Å². The van der Waals surface area contributed by atoms with Gasteiger partial charge >= 0.3 is 5.69 Å². The zero-order valence-electron chi connectivity index (χ0n) is 11.6. The standard InChI is InChI=1S/C13H14FN5O2/c1-8-11(19(20)21)12(17-13(15)16-8)18(2)7-9-5-3-4-6-10(9)14/h3-6H,7H2,1-2H3,(H2,15,16,17). The summed E-state index contributed by atoms with van der Waals surface area (Å²) in [6.07, 6.45) is 0. The topological polar surface area (TPSA) is 98.2 Å². The maximum Gasteiger partial charge on any atom is 0.332 e. The Labute approximate surface area is 120 Å². The van der Waals surface area contributed by atoms with Crippen molar-refractivity contribution in [2.45, 2.75) is 13.5 Å². The Morgan fingerprint density at radius 3 is 2.67 bits per heavy atom. The maximum absolute atomic E-state index is 13.7. The summed E-state index contributed by atoms with van der Waals surface area (Å²) in [5.74, 6) is -0.382. The third-order valence-corrected chi connectivity index (χ3v) is 2.97. The summed E-state index contributed by atoms with van der Waals surface area (Å²) >= 11 is 0. The van der Waals surface area contributed by atoms with E-state index in [4.69, 9.17) is 5.73 Å². The molecule has 0 bridgehead atoms. The summed E-state index contributed by atoms with van der Waals surface area (Å²) in [5.41, 5.74) is 5.89. The Balaban J connectivity index is 2.41. The highest BCUT2D eigenvalue weighted by molar-refractivity contribution is 5.61. The molecule has 2 aromatic rings. The molecule has 0 aliphatic rings. The Kier molecular flexibility index (Phi) is 3.97. The molecule has 7 nitrogen and oxygen atoms in total. The van der Waals surface area contributed by atoms with Gasteiger partial charge in [-0.15, -0.1) is 0 Å². The molecule has 0 saturated heterocycles. The largest absolute Gasteiger partial charge is 0.368 e. The second kappa shape index (κ2) is 5.70. The first-order valence-corrected chi connectivity index (χ1v) is 6.13. The van der Waals surface area contributed by atoms with Crippen molar-refractivity contribution in [3.8, 4) is 0 Å². The molecular formula is C13H14FN5O2. The second-order valence-corrected chi connectivity index (χ2v) is 4.54. The first-order valence-electron chi connectivity index (χ1n) is 6.13. The zero-order chi connectivity index (χ0) is 15.6. The van der Waals surface area contributed by atoms with Crippen molar-refractivity contribution >= 4 is 17.5 Å². The number of aromatic nitrogens is 2. The second-order valence-electron chi connectivity index (χ2n) is 4.54. The number of hydrogen-bond donors (Lipinski definition) is 1. The van der Waals surface area contributed by atoms with Crippen LogP contribution in [0.15, 0.2) is 24.3 Å². The number of aryl methyl sites for hydroxylation is 1. The monoisotopic (exact) mass is 291 g/mol. The van der Waals surface area contributed by atoms with Gasteiger partial charge < -0.3 is 10.6 Å². The zero-order valence-corrected chi connectivity index (χ0v) is 11.6. The smallest absolute Gasteiger partial charge is 0.332 e. The van der Waals surface area contributed by atoms with Crippen LogP contribution in [0.3, 0.4) is 0 Å². The minimum absolute atomic E-state index is 0.0616. The van der Waals surface area contributed by atoms with Crippen LogP contribution in [0.2, 0.25) is 0 Å². The Morgan fingerprint density at radius 1 is 1.38 bits per heavy atom. The minimum Gasteiger partial charge on any atom is -0.368 e. The van der Waals surface area contributed by atoms with Crippen molar-refractivity contribution in [3.05, 3.63) is 51.5 Å². The highest BCUT2D eigenvalue weighted by atomic mass is 19.1. The van der Waals surface area contributed by atoms with Gasteiger partial charge in [-0.1, -0.05) is 18.2 Å². The molecule has 110 valence electrons. The Bertz CT molecular complexity index is 692. The van der Waals surface area contributed by atoms with Crippen LogP contribution < -0.4 is 10.6 Å². The number of nitrogens with zero attached hydrogens (tertiary/aromatic N) is 4.